The molecule has 2 rings (SSSR count). The fourth-order valence-corrected chi connectivity index (χ4v) is 2.81. The van der Waals surface area contributed by atoms with Gasteiger partial charge in [0.1, 0.15) is 23.8 Å². The summed E-state index contributed by atoms with van der Waals surface area (Å²) in [5.74, 6) is 1.64. The first-order valence-corrected chi connectivity index (χ1v) is 7.92. The average molecular weight is 317 g/mol. The van der Waals surface area contributed by atoms with Crippen molar-refractivity contribution in [2.75, 3.05) is 13.7 Å². The van der Waals surface area contributed by atoms with Crippen LogP contribution in [0.15, 0.2) is 36.0 Å². The minimum absolute atomic E-state index is 0.345. The third-order valence-corrected chi connectivity index (χ3v) is 4.14. The van der Waals surface area contributed by atoms with Crippen molar-refractivity contribution in [2.45, 2.75) is 44.9 Å². The summed E-state index contributed by atoms with van der Waals surface area (Å²) in [5.41, 5.74) is 1.46. The Hall–Kier alpha value is -2.10. The van der Waals surface area contributed by atoms with Crippen LogP contribution in [0.3, 0.4) is 0 Å². The van der Waals surface area contributed by atoms with Gasteiger partial charge in [-0.15, -0.1) is 0 Å². The van der Waals surface area contributed by atoms with E-state index in [1.165, 1.54) is 7.11 Å². The number of esters is 1. The van der Waals surface area contributed by atoms with E-state index in [-0.39, 0.29) is 12.1 Å². The Morgan fingerprint density at radius 2 is 2.09 bits per heavy atom. The quantitative estimate of drug-likeness (QED) is 0.616. The third-order valence-electron chi connectivity index (χ3n) is 4.14. The third kappa shape index (κ3) is 4.44. The normalized spacial score (nSPS) is 19.7. The molecule has 23 heavy (non-hydrogen) atoms. The summed E-state index contributed by atoms with van der Waals surface area (Å²) in [6.45, 7) is 2.80. The second-order valence-corrected chi connectivity index (χ2v) is 5.66. The minimum atomic E-state index is -0.516. The summed E-state index contributed by atoms with van der Waals surface area (Å²) >= 11 is 0. The molecule has 124 valence electrons. The van der Waals surface area contributed by atoms with E-state index in [2.05, 4.69) is 0 Å². The Balaban J connectivity index is 2.11. The maximum Gasteiger partial charge on any atom is 0.328 e. The minimum Gasteiger partial charge on any atom is -0.467 e. The number of nitrogens with zero attached hydrogens (tertiary/aromatic N) is 1. The van der Waals surface area contributed by atoms with Gasteiger partial charge in [-0.3, -0.25) is 0 Å². The first-order valence-electron chi connectivity index (χ1n) is 7.92. The highest BCUT2D eigenvalue weighted by molar-refractivity contribution is 5.76. The Kier molecular flexibility index (Phi) is 6.39. The fraction of sp³-hybridized carbons (Fsp3) is 0.500. The van der Waals surface area contributed by atoms with E-state index in [0.29, 0.717) is 18.8 Å². The molecule has 0 N–H and O–H groups in total. The maximum absolute atomic E-state index is 11.8. The van der Waals surface area contributed by atoms with Crippen molar-refractivity contribution < 1.29 is 19.1 Å². The first kappa shape index (κ1) is 17.3. The lowest BCUT2D eigenvalue weighted by molar-refractivity contribution is -0.145. The van der Waals surface area contributed by atoms with Gasteiger partial charge in [-0.05, 0) is 31.7 Å². The van der Waals surface area contributed by atoms with Crippen molar-refractivity contribution in [3.05, 3.63) is 41.6 Å². The Bertz CT molecular complexity index is 566. The molecule has 1 aromatic carbocycles. The maximum atomic E-state index is 11.8. The molecule has 2 unspecified atom stereocenters. The molecular weight excluding hydrogens is 294 g/mol. The van der Waals surface area contributed by atoms with Crippen LogP contribution in [0.1, 0.15) is 31.7 Å². The monoisotopic (exact) mass is 317 g/mol. The summed E-state index contributed by atoms with van der Waals surface area (Å²) in [6, 6.07) is 9.30. The van der Waals surface area contributed by atoms with Crippen LogP contribution in [0.5, 0.6) is 0 Å². The lowest BCUT2D eigenvalue weighted by atomic mass is 10.1. The molecule has 0 aliphatic carbocycles. The number of likely N-dealkylation sites (tertiary alicyclic amines) is 1. The van der Waals surface area contributed by atoms with E-state index in [4.69, 9.17) is 9.47 Å². The Labute approximate surface area is 136 Å². The lowest BCUT2D eigenvalue weighted by Gasteiger charge is -2.31. The SMILES string of the molecule is COC(=O)C(C)N1CCCCC(OCc2ccccc2)C1=C=O. The number of hydrogen-bond acceptors (Lipinski definition) is 5. The van der Waals surface area contributed by atoms with Crippen LogP contribution in [0, 0.1) is 0 Å². The topological polar surface area (TPSA) is 55.8 Å². The second-order valence-electron chi connectivity index (χ2n) is 5.66. The Morgan fingerprint density at radius 3 is 2.74 bits per heavy atom. The van der Waals surface area contributed by atoms with Gasteiger partial charge >= 0.3 is 5.97 Å². The number of methoxy groups -OCH3 is 1. The molecule has 1 heterocycles. The molecule has 1 saturated heterocycles. The van der Waals surface area contributed by atoms with Gasteiger partial charge in [0, 0.05) is 6.54 Å². The van der Waals surface area contributed by atoms with Gasteiger partial charge in [0.05, 0.1) is 13.7 Å². The molecular formula is C18H23NO4. The van der Waals surface area contributed by atoms with Crippen LogP contribution in [0.4, 0.5) is 0 Å². The van der Waals surface area contributed by atoms with Crippen molar-refractivity contribution in [3.8, 4) is 0 Å². The van der Waals surface area contributed by atoms with Gasteiger partial charge in [-0.2, -0.15) is 0 Å². The number of carbonyl (C=O) groups excluding carboxylic acids is 2. The number of benzene rings is 1. The van der Waals surface area contributed by atoms with Crippen LogP contribution in [-0.2, 0) is 25.7 Å². The smallest absolute Gasteiger partial charge is 0.328 e. The van der Waals surface area contributed by atoms with Gasteiger partial charge in [-0.1, -0.05) is 30.3 Å². The van der Waals surface area contributed by atoms with E-state index >= 15 is 0 Å². The molecule has 0 radical (unpaired) electrons. The summed E-state index contributed by atoms with van der Waals surface area (Å²) in [4.78, 5) is 25.1. The number of rotatable bonds is 5. The predicted molar refractivity (Wildman–Crippen MR) is 86.3 cm³/mol. The molecule has 0 amide bonds. The van der Waals surface area contributed by atoms with E-state index in [9.17, 15) is 9.59 Å². The van der Waals surface area contributed by atoms with E-state index in [0.717, 1.165) is 24.8 Å². The summed E-state index contributed by atoms with van der Waals surface area (Å²) in [7, 11) is 1.35. The van der Waals surface area contributed by atoms with E-state index < -0.39 is 6.04 Å². The largest absolute Gasteiger partial charge is 0.467 e. The molecule has 0 spiro atoms. The van der Waals surface area contributed by atoms with E-state index in [1.807, 2.05) is 36.3 Å². The molecule has 2 atom stereocenters. The van der Waals surface area contributed by atoms with Gasteiger partial charge in [0.25, 0.3) is 0 Å². The zero-order valence-electron chi connectivity index (χ0n) is 13.7. The fourth-order valence-electron chi connectivity index (χ4n) is 2.81. The highest BCUT2D eigenvalue weighted by Gasteiger charge is 2.31. The highest BCUT2D eigenvalue weighted by Crippen LogP contribution is 2.25. The van der Waals surface area contributed by atoms with Crippen molar-refractivity contribution in [3.63, 3.8) is 0 Å². The summed E-state index contributed by atoms with van der Waals surface area (Å²) in [6.07, 6.45) is 2.25. The first-order chi connectivity index (χ1) is 11.2. The standard InChI is InChI=1S/C18H23NO4/c1-14(18(21)22-2)19-11-7-6-10-17(16(19)12-20)23-13-15-8-4-3-5-9-15/h3-5,8-9,14,17H,6-7,10-11,13H2,1-2H3. The molecule has 0 aromatic heterocycles. The van der Waals surface area contributed by atoms with Crippen LogP contribution in [0.2, 0.25) is 0 Å². The van der Waals surface area contributed by atoms with E-state index in [1.54, 1.807) is 11.8 Å². The van der Waals surface area contributed by atoms with Gasteiger partial charge in [0.2, 0.25) is 0 Å². The number of hydrogen-bond donors (Lipinski definition) is 0. The lowest BCUT2D eigenvalue weighted by Crippen LogP contribution is -2.42. The van der Waals surface area contributed by atoms with Crippen molar-refractivity contribution >= 4 is 11.9 Å². The van der Waals surface area contributed by atoms with Gasteiger partial charge in [0.15, 0.2) is 0 Å². The molecule has 1 aliphatic rings. The zero-order valence-corrected chi connectivity index (χ0v) is 13.7. The number of carbonyl (C=O) groups is 1. The molecule has 1 fully saturated rings. The van der Waals surface area contributed by atoms with Gasteiger partial charge in [-0.25, -0.2) is 9.59 Å². The van der Waals surface area contributed by atoms with Crippen molar-refractivity contribution in [1.29, 1.82) is 0 Å². The summed E-state index contributed by atoms with van der Waals surface area (Å²) in [5, 5.41) is 0. The van der Waals surface area contributed by atoms with Crippen molar-refractivity contribution in [1.82, 2.24) is 4.90 Å². The molecule has 5 nitrogen and oxygen atoms in total. The predicted octanol–water partition coefficient (Wildman–Crippen LogP) is 2.33. The average Bonchev–Trinajstić information content (AvgIpc) is 2.81. The van der Waals surface area contributed by atoms with Crippen LogP contribution < -0.4 is 0 Å². The van der Waals surface area contributed by atoms with Crippen LogP contribution in [-0.4, -0.2) is 42.6 Å². The van der Waals surface area contributed by atoms with Crippen LogP contribution in [0.25, 0.3) is 0 Å². The highest BCUT2D eigenvalue weighted by atomic mass is 16.5. The number of ether oxygens (including phenoxy) is 2. The van der Waals surface area contributed by atoms with Gasteiger partial charge < -0.3 is 14.4 Å². The molecule has 0 bridgehead atoms. The molecule has 5 heteroatoms. The molecule has 0 saturated carbocycles. The van der Waals surface area contributed by atoms with Crippen LogP contribution >= 0.6 is 0 Å². The summed E-state index contributed by atoms with van der Waals surface area (Å²) < 4.78 is 10.8. The second kappa shape index (κ2) is 8.51. The van der Waals surface area contributed by atoms with Crippen molar-refractivity contribution in [2.24, 2.45) is 0 Å². The zero-order chi connectivity index (χ0) is 16.7. The molecule has 1 aliphatic heterocycles. The molecule has 1 aromatic rings. The Morgan fingerprint density at radius 1 is 1.35 bits per heavy atom.